The number of carbonyl (C=O) groups excluding carboxylic acids is 1. The van der Waals surface area contributed by atoms with Crippen molar-refractivity contribution in [1.82, 2.24) is 9.88 Å². The number of benzene rings is 1. The Kier molecular flexibility index (Phi) is 4.97. The zero-order valence-corrected chi connectivity index (χ0v) is 14.0. The zero-order valence-electron chi connectivity index (χ0n) is 14.0. The Hall–Kier alpha value is -2.89. The molecule has 1 aromatic carbocycles. The van der Waals surface area contributed by atoms with Gasteiger partial charge in [0.2, 0.25) is 0 Å². The van der Waals surface area contributed by atoms with Crippen LogP contribution < -0.4 is 4.74 Å². The fourth-order valence-electron chi connectivity index (χ4n) is 2.94. The Bertz CT molecular complexity index is 768. The summed E-state index contributed by atoms with van der Waals surface area (Å²) in [6.45, 7) is 2.79. The molecule has 1 N–H and O–H groups in total. The summed E-state index contributed by atoms with van der Waals surface area (Å²) in [6, 6.07) is 12.6. The molecule has 0 bridgehead atoms. The molecular weight excluding hydrogens is 320 g/mol. The Balaban J connectivity index is 1.60. The van der Waals surface area contributed by atoms with E-state index in [0.717, 1.165) is 18.6 Å². The van der Waals surface area contributed by atoms with Gasteiger partial charge in [-0.15, -0.1) is 0 Å². The minimum absolute atomic E-state index is 0.0931. The summed E-state index contributed by atoms with van der Waals surface area (Å²) in [7, 11) is 0. The topological polar surface area (TPSA) is 79.7 Å². The highest BCUT2D eigenvalue weighted by atomic mass is 16.5. The minimum Gasteiger partial charge on any atom is -0.490 e. The van der Waals surface area contributed by atoms with Gasteiger partial charge in [0.1, 0.15) is 17.5 Å². The fraction of sp³-hybridized carbons (Fsp3) is 0.316. The zero-order chi connectivity index (χ0) is 17.8. The number of carbonyl (C=O) groups is 2. The maximum Gasteiger partial charge on any atom is 0.337 e. The lowest BCUT2D eigenvalue weighted by Crippen LogP contribution is -2.42. The molecule has 3 rings (SSSR count). The molecule has 1 aliphatic heterocycles. The van der Waals surface area contributed by atoms with E-state index in [0.29, 0.717) is 18.8 Å². The van der Waals surface area contributed by atoms with Gasteiger partial charge in [-0.1, -0.05) is 18.2 Å². The molecule has 25 heavy (non-hydrogen) atoms. The van der Waals surface area contributed by atoms with E-state index in [1.807, 2.05) is 30.3 Å². The number of hydrogen-bond donors (Lipinski definition) is 1. The molecule has 0 unspecified atom stereocenters. The molecule has 1 saturated heterocycles. The number of amides is 1. The van der Waals surface area contributed by atoms with Gasteiger partial charge in [0, 0.05) is 25.9 Å². The van der Waals surface area contributed by atoms with E-state index in [9.17, 15) is 9.59 Å². The van der Waals surface area contributed by atoms with Gasteiger partial charge >= 0.3 is 5.97 Å². The molecule has 0 aliphatic carbocycles. The number of aromatic nitrogens is 1. The van der Waals surface area contributed by atoms with Crippen LogP contribution in [0.5, 0.6) is 5.75 Å². The third-order valence-corrected chi connectivity index (χ3v) is 4.31. The number of carboxylic acid groups (broad SMARTS) is 1. The monoisotopic (exact) mass is 340 g/mol. The molecular formula is C19H20N2O4. The number of para-hydroxylation sites is 1. The molecule has 2 aromatic rings. The number of ether oxygens (including phenoxy) is 1. The number of piperidine rings is 1. The van der Waals surface area contributed by atoms with E-state index in [-0.39, 0.29) is 23.3 Å². The van der Waals surface area contributed by atoms with Gasteiger partial charge in [-0.3, -0.25) is 4.79 Å². The number of hydrogen-bond acceptors (Lipinski definition) is 4. The molecule has 0 spiro atoms. The van der Waals surface area contributed by atoms with Gasteiger partial charge in [-0.05, 0) is 31.2 Å². The Morgan fingerprint density at radius 2 is 1.80 bits per heavy atom. The summed E-state index contributed by atoms with van der Waals surface area (Å²) in [6.07, 6.45) is 1.61. The van der Waals surface area contributed by atoms with E-state index in [1.54, 1.807) is 11.8 Å². The second-order valence-corrected chi connectivity index (χ2v) is 6.06. The summed E-state index contributed by atoms with van der Waals surface area (Å²) < 4.78 is 5.93. The highest BCUT2D eigenvalue weighted by molar-refractivity contribution is 5.94. The van der Waals surface area contributed by atoms with Crippen molar-refractivity contribution >= 4 is 11.9 Å². The highest BCUT2D eigenvalue weighted by Crippen LogP contribution is 2.20. The average molecular weight is 340 g/mol. The van der Waals surface area contributed by atoms with Gasteiger partial charge in [0.15, 0.2) is 0 Å². The molecule has 130 valence electrons. The van der Waals surface area contributed by atoms with Crippen LogP contribution in [-0.2, 0) is 0 Å². The van der Waals surface area contributed by atoms with Crippen molar-refractivity contribution < 1.29 is 19.4 Å². The first-order chi connectivity index (χ1) is 12.0. The van der Waals surface area contributed by atoms with Crippen molar-refractivity contribution in [2.75, 3.05) is 13.1 Å². The number of aromatic carboxylic acids is 1. The van der Waals surface area contributed by atoms with E-state index in [2.05, 4.69) is 4.98 Å². The predicted octanol–water partition coefficient (Wildman–Crippen LogP) is 2.77. The van der Waals surface area contributed by atoms with E-state index >= 15 is 0 Å². The van der Waals surface area contributed by atoms with Crippen LogP contribution in [0.1, 0.15) is 39.4 Å². The number of nitrogens with zero attached hydrogens (tertiary/aromatic N) is 2. The summed E-state index contributed by atoms with van der Waals surface area (Å²) >= 11 is 0. The van der Waals surface area contributed by atoms with Crippen LogP contribution in [0.3, 0.4) is 0 Å². The Labute approximate surface area is 146 Å². The maximum absolute atomic E-state index is 12.6. The normalized spacial score (nSPS) is 15.0. The average Bonchev–Trinajstić information content (AvgIpc) is 2.62. The smallest absolute Gasteiger partial charge is 0.337 e. The fourth-order valence-corrected chi connectivity index (χ4v) is 2.94. The van der Waals surface area contributed by atoms with Crippen molar-refractivity contribution in [1.29, 1.82) is 0 Å². The predicted molar refractivity (Wildman–Crippen MR) is 91.9 cm³/mol. The van der Waals surface area contributed by atoms with Crippen LogP contribution in [0.15, 0.2) is 42.5 Å². The van der Waals surface area contributed by atoms with E-state index in [1.165, 1.54) is 12.1 Å². The van der Waals surface area contributed by atoms with Crippen molar-refractivity contribution in [2.45, 2.75) is 25.9 Å². The quantitative estimate of drug-likeness (QED) is 0.926. The molecule has 1 fully saturated rings. The second-order valence-electron chi connectivity index (χ2n) is 6.06. The lowest BCUT2D eigenvalue weighted by atomic mass is 10.1. The minimum atomic E-state index is -1.04. The van der Waals surface area contributed by atoms with Crippen LogP contribution in [0.2, 0.25) is 0 Å². The van der Waals surface area contributed by atoms with Gasteiger partial charge in [-0.25, -0.2) is 9.78 Å². The lowest BCUT2D eigenvalue weighted by Gasteiger charge is -2.32. The van der Waals surface area contributed by atoms with Crippen molar-refractivity contribution in [3.05, 3.63) is 59.4 Å². The molecule has 0 saturated carbocycles. The van der Waals surface area contributed by atoms with E-state index < -0.39 is 5.97 Å². The van der Waals surface area contributed by atoms with Crippen molar-refractivity contribution in [2.24, 2.45) is 0 Å². The van der Waals surface area contributed by atoms with Crippen LogP contribution in [0.25, 0.3) is 0 Å². The number of likely N-dealkylation sites (tertiary alicyclic amines) is 1. The molecule has 1 amide bonds. The molecule has 1 aliphatic rings. The van der Waals surface area contributed by atoms with Crippen LogP contribution in [0, 0.1) is 6.92 Å². The number of pyridine rings is 1. The summed E-state index contributed by atoms with van der Waals surface area (Å²) in [5.74, 6) is -0.366. The largest absolute Gasteiger partial charge is 0.490 e. The Morgan fingerprint density at radius 1 is 1.12 bits per heavy atom. The Morgan fingerprint density at radius 3 is 2.40 bits per heavy atom. The van der Waals surface area contributed by atoms with Gasteiger partial charge in [-0.2, -0.15) is 0 Å². The molecule has 0 atom stereocenters. The highest BCUT2D eigenvalue weighted by Gasteiger charge is 2.26. The third kappa shape index (κ3) is 3.96. The standard InChI is InChI=1S/C19H20N2O4/c1-13-16(19(23)24)7-8-17(20-13)18(22)21-11-9-15(10-12-21)25-14-5-3-2-4-6-14/h2-8,15H,9-12H2,1H3,(H,23,24). The molecule has 6 heteroatoms. The van der Waals surface area contributed by atoms with Crippen LogP contribution in [0.4, 0.5) is 0 Å². The number of rotatable bonds is 4. The van der Waals surface area contributed by atoms with E-state index in [4.69, 9.17) is 9.84 Å². The van der Waals surface area contributed by atoms with Crippen molar-refractivity contribution in [3.63, 3.8) is 0 Å². The molecule has 1 aromatic heterocycles. The first-order valence-corrected chi connectivity index (χ1v) is 8.26. The molecule has 6 nitrogen and oxygen atoms in total. The van der Waals surface area contributed by atoms with Crippen LogP contribution in [-0.4, -0.2) is 46.1 Å². The SMILES string of the molecule is Cc1nc(C(=O)N2CCC(Oc3ccccc3)CC2)ccc1C(=O)O. The van der Waals surface area contributed by atoms with Crippen LogP contribution >= 0.6 is 0 Å². The number of aryl methyl sites for hydroxylation is 1. The van der Waals surface area contributed by atoms with Gasteiger partial charge in [0.25, 0.3) is 5.91 Å². The van der Waals surface area contributed by atoms with Gasteiger partial charge < -0.3 is 14.7 Å². The lowest BCUT2D eigenvalue weighted by molar-refractivity contribution is 0.0587. The molecule has 2 heterocycles. The van der Waals surface area contributed by atoms with Crippen molar-refractivity contribution in [3.8, 4) is 5.75 Å². The summed E-state index contributed by atoms with van der Waals surface area (Å²) in [5, 5.41) is 9.04. The third-order valence-electron chi connectivity index (χ3n) is 4.31. The summed E-state index contributed by atoms with van der Waals surface area (Å²) in [4.78, 5) is 29.5. The maximum atomic E-state index is 12.6. The molecule has 0 radical (unpaired) electrons. The van der Waals surface area contributed by atoms with Gasteiger partial charge in [0.05, 0.1) is 11.3 Å². The summed E-state index contributed by atoms with van der Waals surface area (Å²) in [5.41, 5.74) is 0.747. The first-order valence-electron chi connectivity index (χ1n) is 8.26. The first kappa shape index (κ1) is 17.0. The second kappa shape index (κ2) is 7.34. The number of carboxylic acids is 1.